The second-order valence-electron chi connectivity index (χ2n) is 9.92. The Hall–Kier alpha value is -3.50. The van der Waals surface area contributed by atoms with Crippen LogP contribution in [-0.4, -0.2) is 86.1 Å². The van der Waals surface area contributed by atoms with Gasteiger partial charge in [-0.15, -0.1) is 0 Å². The standard InChI is InChI=1S/C29H39N3O7/c1-3-4-13-31(14-7-12-30)27(33)17-32-16-21(20-10-11-25-26(15-20)39-19-38-25)28(29(34)35)22(32)18-37-24-9-6-5-8-23(24)36-2/h5-6,8-11,15,21-22,28H,3-4,7,12-14,16-19,30H2,1-2H3,(H,34,35)/t21-,22+,28-/m1/s1. The summed E-state index contributed by atoms with van der Waals surface area (Å²) in [7, 11) is 1.56. The number of unbranched alkanes of at least 4 members (excludes halogenated alkanes) is 1. The monoisotopic (exact) mass is 541 g/mol. The number of para-hydroxylation sites is 2. The molecule has 4 rings (SSSR count). The summed E-state index contributed by atoms with van der Waals surface area (Å²) in [5, 5.41) is 10.4. The number of amides is 1. The Kier molecular flexibility index (Phi) is 9.89. The number of hydrogen-bond acceptors (Lipinski definition) is 8. The molecule has 2 aromatic rings. The number of benzene rings is 2. The number of ether oxygens (including phenoxy) is 4. The maximum absolute atomic E-state index is 13.5. The Morgan fingerprint density at radius 2 is 1.85 bits per heavy atom. The minimum Gasteiger partial charge on any atom is -0.493 e. The van der Waals surface area contributed by atoms with Crippen molar-refractivity contribution in [3.05, 3.63) is 48.0 Å². The molecule has 0 aromatic heterocycles. The molecule has 1 fully saturated rings. The van der Waals surface area contributed by atoms with Gasteiger partial charge in [-0.1, -0.05) is 31.5 Å². The van der Waals surface area contributed by atoms with E-state index in [1.54, 1.807) is 19.2 Å². The number of methoxy groups -OCH3 is 1. The maximum Gasteiger partial charge on any atom is 0.308 e. The number of nitrogens with two attached hydrogens (primary N) is 1. The van der Waals surface area contributed by atoms with Gasteiger partial charge in [0, 0.05) is 25.6 Å². The molecule has 2 aliphatic rings. The Bertz CT molecular complexity index is 1120. The third-order valence-electron chi connectivity index (χ3n) is 7.44. The van der Waals surface area contributed by atoms with Gasteiger partial charge in [0.05, 0.1) is 25.6 Å². The van der Waals surface area contributed by atoms with Crippen molar-refractivity contribution in [2.75, 3.05) is 53.2 Å². The molecular formula is C29H39N3O7. The Morgan fingerprint density at radius 3 is 2.56 bits per heavy atom. The van der Waals surface area contributed by atoms with E-state index in [9.17, 15) is 14.7 Å². The lowest BCUT2D eigenvalue weighted by Gasteiger charge is -2.29. The summed E-state index contributed by atoms with van der Waals surface area (Å²) in [6, 6.07) is 12.2. The molecular weight excluding hydrogens is 502 g/mol. The van der Waals surface area contributed by atoms with Crippen molar-refractivity contribution in [3.63, 3.8) is 0 Å². The van der Waals surface area contributed by atoms with E-state index < -0.39 is 17.9 Å². The number of carboxylic acids is 1. The van der Waals surface area contributed by atoms with E-state index in [4.69, 9.17) is 24.7 Å². The van der Waals surface area contributed by atoms with Gasteiger partial charge in [0.15, 0.2) is 23.0 Å². The number of aliphatic carboxylic acids is 1. The number of likely N-dealkylation sites (tertiary alicyclic amines) is 1. The first-order chi connectivity index (χ1) is 19.0. The fourth-order valence-electron chi connectivity index (χ4n) is 5.36. The summed E-state index contributed by atoms with van der Waals surface area (Å²) in [6.45, 7) is 4.54. The predicted molar refractivity (Wildman–Crippen MR) is 145 cm³/mol. The summed E-state index contributed by atoms with van der Waals surface area (Å²) in [5.41, 5.74) is 6.55. The van der Waals surface area contributed by atoms with Crippen LogP contribution in [0.2, 0.25) is 0 Å². The summed E-state index contributed by atoms with van der Waals surface area (Å²) >= 11 is 0. The first-order valence-corrected chi connectivity index (χ1v) is 13.6. The highest BCUT2D eigenvalue weighted by Crippen LogP contribution is 2.42. The lowest BCUT2D eigenvalue weighted by atomic mass is 9.85. The SMILES string of the molecule is CCCCN(CCCN)C(=O)CN1C[C@H](c2ccc3c(c2)OCO3)[C@@H](C(=O)O)[C@@H]1COc1ccccc1OC. The molecule has 2 aliphatic heterocycles. The van der Waals surface area contributed by atoms with Crippen molar-refractivity contribution in [3.8, 4) is 23.0 Å². The van der Waals surface area contributed by atoms with Crippen LogP contribution < -0.4 is 24.7 Å². The molecule has 3 N–H and O–H groups in total. The number of carbonyl (C=O) groups is 2. The largest absolute Gasteiger partial charge is 0.493 e. The van der Waals surface area contributed by atoms with Crippen LogP contribution in [0.1, 0.15) is 37.7 Å². The molecule has 212 valence electrons. The molecule has 39 heavy (non-hydrogen) atoms. The fraction of sp³-hybridized carbons (Fsp3) is 0.517. The molecule has 10 heteroatoms. The van der Waals surface area contributed by atoms with Gasteiger partial charge in [-0.3, -0.25) is 14.5 Å². The zero-order valence-electron chi connectivity index (χ0n) is 22.7. The van der Waals surface area contributed by atoms with E-state index in [1.165, 1.54) is 0 Å². The number of hydrogen-bond donors (Lipinski definition) is 2. The fourth-order valence-corrected chi connectivity index (χ4v) is 5.36. The second kappa shape index (κ2) is 13.5. The quantitative estimate of drug-likeness (QED) is 0.371. The van der Waals surface area contributed by atoms with Crippen LogP contribution in [0.5, 0.6) is 23.0 Å². The lowest BCUT2D eigenvalue weighted by Crippen LogP contribution is -2.47. The van der Waals surface area contributed by atoms with Gasteiger partial charge in [-0.25, -0.2) is 0 Å². The summed E-state index contributed by atoms with van der Waals surface area (Å²) in [4.78, 5) is 30.0. The van der Waals surface area contributed by atoms with Crippen LogP contribution in [0.4, 0.5) is 0 Å². The number of rotatable bonds is 14. The van der Waals surface area contributed by atoms with Crippen molar-refractivity contribution in [2.24, 2.45) is 11.7 Å². The summed E-state index contributed by atoms with van der Waals surface area (Å²) < 4.78 is 22.6. The van der Waals surface area contributed by atoms with Gasteiger partial charge in [-0.05, 0) is 49.2 Å². The first kappa shape index (κ1) is 28.5. The smallest absolute Gasteiger partial charge is 0.308 e. The minimum absolute atomic E-state index is 0.0327. The molecule has 0 spiro atoms. The van der Waals surface area contributed by atoms with Crippen molar-refractivity contribution >= 4 is 11.9 Å². The van der Waals surface area contributed by atoms with Gasteiger partial charge < -0.3 is 34.7 Å². The third-order valence-corrected chi connectivity index (χ3v) is 7.44. The molecule has 2 heterocycles. The second-order valence-corrected chi connectivity index (χ2v) is 9.92. The van der Waals surface area contributed by atoms with Crippen LogP contribution in [0.3, 0.4) is 0 Å². The van der Waals surface area contributed by atoms with E-state index in [-0.39, 0.29) is 31.8 Å². The van der Waals surface area contributed by atoms with Crippen LogP contribution in [-0.2, 0) is 9.59 Å². The first-order valence-electron chi connectivity index (χ1n) is 13.6. The summed E-state index contributed by atoms with van der Waals surface area (Å²) in [5.74, 6) is 0.171. The number of carboxylic acid groups (broad SMARTS) is 1. The Balaban J connectivity index is 1.61. The van der Waals surface area contributed by atoms with Crippen molar-refractivity contribution < 1.29 is 33.6 Å². The Labute approximate surface area is 229 Å². The maximum atomic E-state index is 13.5. The molecule has 10 nitrogen and oxygen atoms in total. The number of fused-ring (bicyclic) bond motifs is 1. The molecule has 2 aromatic carbocycles. The molecule has 0 aliphatic carbocycles. The Morgan fingerprint density at radius 1 is 1.10 bits per heavy atom. The van der Waals surface area contributed by atoms with E-state index in [1.807, 2.05) is 40.1 Å². The van der Waals surface area contributed by atoms with Crippen LogP contribution in [0.15, 0.2) is 42.5 Å². The van der Waals surface area contributed by atoms with E-state index in [0.29, 0.717) is 55.6 Å². The molecule has 0 unspecified atom stereocenters. The van der Waals surface area contributed by atoms with E-state index >= 15 is 0 Å². The van der Waals surface area contributed by atoms with Crippen molar-refractivity contribution in [2.45, 2.75) is 38.1 Å². The van der Waals surface area contributed by atoms with Crippen LogP contribution in [0, 0.1) is 5.92 Å². The molecule has 3 atom stereocenters. The predicted octanol–water partition coefficient (Wildman–Crippen LogP) is 2.95. The lowest BCUT2D eigenvalue weighted by molar-refractivity contribution is -0.144. The zero-order valence-corrected chi connectivity index (χ0v) is 22.7. The molecule has 0 radical (unpaired) electrons. The van der Waals surface area contributed by atoms with Gasteiger partial charge in [0.2, 0.25) is 12.7 Å². The number of nitrogens with zero attached hydrogens (tertiary/aromatic N) is 2. The highest BCUT2D eigenvalue weighted by molar-refractivity contribution is 5.79. The molecule has 1 saturated heterocycles. The van der Waals surface area contributed by atoms with Gasteiger partial charge in [0.1, 0.15) is 6.61 Å². The normalized spacial score (nSPS) is 20.1. The van der Waals surface area contributed by atoms with Crippen LogP contribution in [0.25, 0.3) is 0 Å². The van der Waals surface area contributed by atoms with E-state index in [0.717, 1.165) is 18.4 Å². The molecule has 0 saturated carbocycles. The topological polar surface area (TPSA) is 124 Å². The average molecular weight is 542 g/mol. The van der Waals surface area contributed by atoms with Gasteiger partial charge in [0.25, 0.3) is 0 Å². The third kappa shape index (κ3) is 6.75. The average Bonchev–Trinajstić information content (AvgIpc) is 3.56. The van der Waals surface area contributed by atoms with Gasteiger partial charge >= 0.3 is 5.97 Å². The molecule has 1 amide bonds. The molecule has 0 bridgehead atoms. The van der Waals surface area contributed by atoms with Crippen molar-refractivity contribution in [1.29, 1.82) is 0 Å². The van der Waals surface area contributed by atoms with Crippen LogP contribution >= 0.6 is 0 Å². The number of carbonyl (C=O) groups excluding carboxylic acids is 1. The highest BCUT2D eigenvalue weighted by atomic mass is 16.7. The summed E-state index contributed by atoms with van der Waals surface area (Å²) in [6.07, 6.45) is 2.58. The minimum atomic E-state index is -0.938. The van der Waals surface area contributed by atoms with Crippen molar-refractivity contribution in [1.82, 2.24) is 9.80 Å². The van der Waals surface area contributed by atoms with E-state index in [2.05, 4.69) is 6.92 Å². The highest BCUT2D eigenvalue weighted by Gasteiger charge is 2.48. The van der Waals surface area contributed by atoms with Gasteiger partial charge in [-0.2, -0.15) is 0 Å². The zero-order chi connectivity index (χ0) is 27.8.